The van der Waals surface area contributed by atoms with Gasteiger partial charge in [0.25, 0.3) is 5.91 Å². The van der Waals surface area contributed by atoms with Crippen LogP contribution in [0.5, 0.6) is 0 Å². The van der Waals surface area contributed by atoms with Crippen LogP contribution in [0.25, 0.3) is 0 Å². The van der Waals surface area contributed by atoms with Gasteiger partial charge in [-0.1, -0.05) is 51.7 Å². The first-order valence-corrected chi connectivity index (χ1v) is 14.1. The van der Waals surface area contributed by atoms with Gasteiger partial charge < -0.3 is 14.6 Å². The second-order valence-electron chi connectivity index (χ2n) is 8.38. The van der Waals surface area contributed by atoms with Crippen molar-refractivity contribution in [2.75, 3.05) is 6.61 Å². The van der Waals surface area contributed by atoms with Crippen LogP contribution in [0.1, 0.15) is 55.4 Å². The summed E-state index contributed by atoms with van der Waals surface area (Å²) in [5, 5.41) is 3.24. The predicted octanol–water partition coefficient (Wildman–Crippen LogP) is 5.41. The fraction of sp³-hybridized carbons (Fsp3) is 0.737. The molecule has 0 radical (unpaired) electrons. The molecule has 1 saturated carbocycles. The van der Waals surface area contributed by atoms with Crippen molar-refractivity contribution in [3.63, 3.8) is 0 Å². The maximum absolute atomic E-state index is 12.7. The molecule has 0 saturated heterocycles. The summed E-state index contributed by atoms with van der Waals surface area (Å²) in [6.45, 7) is 8.22. The third-order valence-corrected chi connectivity index (χ3v) is 6.90. The molecular formula is C19H33BrN2O2Si. The van der Waals surface area contributed by atoms with Gasteiger partial charge in [-0.05, 0) is 40.9 Å². The highest BCUT2D eigenvalue weighted by Crippen LogP contribution is 2.19. The number of hydrogen-bond acceptors (Lipinski definition) is 2. The van der Waals surface area contributed by atoms with E-state index in [2.05, 4.69) is 40.9 Å². The Morgan fingerprint density at radius 1 is 1.24 bits per heavy atom. The Morgan fingerprint density at radius 3 is 2.52 bits per heavy atom. The molecule has 0 spiro atoms. The van der Waals surface area contributed by atoms with Gasteiger partial charge in [0, 0.05) is 31.4 Å². The molecule has 1 heterocycles. The molecule has 142 valence electrons. The van der Waals surface area contributed by atoms with E-state index in [1.807, 2.05) is 16.8 Å². The van der Waals surface area contributed by atoms with Crippen LogP contribution in [0, 0.1) is 0 Å². The van der Waals surface area contributed by atoms with Crippen molar-refractivity contribution in [3.8, 4) is 0 Å². The number of hydrogen-bond donors (Lipinski definition) is 1. The van der Waals surface area contributed by atoms with E-state index < -0.39 is 8.07 Å². The largest absolute Gasteiger partial charge is 0.361 e. The summed E-state index contributed by atoms with van der Waals surface area (Å²) < 4.78 is 8.65. The highest BCUT2D eigenvalue weighted by Gasteiger charge is 2.19. The summed E-state index contributed by atoms with van der Waals surface area (Å²) in [5.74, 6) is 0.0186. The van der Waals surface area contributed by atoms with Crippen LogP contribution in [0.3, 0.4) is 0 Å². The maximum atomic E-state index is 12.7. The van der Waals surface area contributed by atoms with Crippen molar-refractivity contribution in [2.45, 2.75) is 83.4 Å². The fourth-order valence-electron chi connectivity index (χ4n) is 3.17. The maximum Gasteiger partial charge on any atom is 0.268 e. The third-order valence-electron chi connectivity index (χ3n) is 4.76. The van der Waals surface area contributed by atoms with E-state index in [0.717, 1.165) is 30.0 Å². The zero-order valence-corrected chi connectivity index (χ0v) is 18.5. The second kappa shape index (κ2) is 9.93. The minimum Gasteiger partial charge on any atom is -0.361 e. The number of halogens is 1. The monoisotopic (exact) mass is 428 g/mol. The van der Waals surface area contributed by atoms with Crippen molar-refractivity contribution in [1.82, 2.24) is 9.88 Å². The Morgan fingerprint density at radius 2 is 1.88 bits per heavy atom. The SMILES string of the molecule is C[Si](C)(C)CCOCn1cc(Br)cc1C(=O)NC1CCCCCCC1. The van der Waals surface area contributed by atoms with Gasteiger partial charge in [-0.15, -0.1) is 0 Å². The normalized spacial score (nSPS) is 17.1. The Balaban J connectivity index is 1.90. The predicted molar refractivity (Wildman–Crippen MR) is 110 cm³/mol. The smallest absolute Gasteiger partial charge is 0.268 e. The van der Waals surface area contributed by atoms with Crippen molar-refractivity contribution in [3.05, 3.63) is 22.4 Å². The van der Waals surface area contributed by atoms with E-state index in [9.17, 15) is 4.79 Å². The molecule has 6 heteroatoms. The molecule has 0 unspecified atom stereocenters. The topological polar surface area (TPSA) is 43.3 Å². The first-order valence-electron chi connectivity index (χ1n) is 9.59. The van der Waals surface area contributed by atoms with Crippen LogP contribution in [-0.2, 0) is 11.5 Å². The number of nitrogens with zero attached hydrogens (tertiary/aromatic N) is 1. The minimum absolute atomic E-state index is 0.0186. The molecule has 1 amide bonds. The van der Waals surface area contributed by atoms with E-state index in [0.29, 0.717) is 18.5 Å². The van der Waals surface area contributed by atoms with E-state index >= 15 is 0 Å². The van der Waals surface area contributed by atoms with Gasteiger partial charge in [-0.25, -0.2) is 0 Å². The van der Waals surface area contributed by atoms with E-state index in [4.69, 9.17) is 4.74 Å². The second-order valence-corrected chi connectivity index (χ2v) is 14.9. The lowest BCUT2D eigenvalue weighted by Crippen LogP contribution is -2.36. The highest BCUT2D eigenvalue weighted by atomic mass is 79.9. The molecule has 2 rings (SSSR count). The zero-order valence-electron chi connectivity index (χ0n) is 15.9. The molecule has 4 nitrogen and oxygen atoms in total. The molecule has 0 atom stereocenters. The number of rotatable bonds is 7. The van der Waals surface area contributed by atoms with Crippen molar-refractivity contribution < 1.29 is 9.53 Å². The van der Waals surface area contributed by atoms with Crippen LogP contribution in [0.2, 0.25) is 25.7 Å². The van der Waals surface area contributed by atoms with Gasteiger partial charge >= 0.3 is 0 Å². The average Bonchev–Trinajstić information content (AvgIpc) is 2.86. The lowest BCUT2D eigenvalue weighted by Gasteiger charge is -2.21. The van der Waals surface area contributed by atoms with Crippen LogP contribution in [0.4, 0.5) is 0 Å². The number of nitrogens with one attached hydrogen (secondary N) is 1. The van der Waals surface area contributed by atoms with Gasteiger partial charge in [0.05, 0.1) is 0 Å². The van der Waals surface area contributed by atoms with Gasteiger partial charge in [-0.3, -0.25) is 4.79 Å². The highest BCUT2D eigenvalue weighted by molar-refractivity contribution is 9.10. The molecule has 1 aromatic rings. The van der Waals surface area contributed by atoms with Crippen molar-refractivity contribution in [2.24, 2.45) is 0 Å². The number of aromatic nitrogens is 1. The van der Waals surface area contributed by atoms with Crippen LogP contribution >= 0.6 is 15.9 Å². The summed E-state index contributed by atoms with van der Waals surface area (Å²) in [5.41, 5.74) is 0.682. The average molecular weight is 429 g/mol. The molecule has 25 heavy (non-hydrogen) atoms. The standard InChI is InChI=1S/C19H33BrN2O2Si/c1-25(2,3)12-11-24-15-22-14-16(20)13-18(22)19(23)21-17-9-7-5-4-6-8-10-17/h13-14,17H,4-12,15H2,1-3H3,(H,21,23). The lowest BCUT2D eigenvalue weighted by atomic mass is 9.96. The number of carbonyl (C=O) groups excluding carboxylic acids is 1. The molecule has 1 aliphatic rings. The summed E-state index contributed by atoms with van der Waals surface area (Å²) >= 11 is 3.49. The molecular weight excluding hydrogens is 396 g/mol. The Bertz CT molecular complexity index is 546. The Hall–Kier alpha value is -0.593. The van der Waals surface area contributed by atoms with E-state index in [-0.39, 0.29) is 5.91 Å². The van der Waals surface area contributed by atoms with Crippen LogP contribution in [0.15, 0.2) is 16.7 Å². The first kappa shape index (κ1) is 20.7. The van der Waals surface area contributed by atoms with Crippen molar-refractivity contribution in [1.29, 1.82) is 0 Å². The Kier molecular flexibility index (Phi) is 8.23. The van der Waals surface area contributed by atoms with Gasteiger partial charge in [0.2, 0.25) is 0 Å². The first-order chi connectivity index (χ1) is 11.8. The summed E-state index contributed by atoms with van der Waals surface area (Å²) in [7, 11) is -1.09. The van der Waals surface area contributed by atoms with Crippen LogP contribution in [-0.4, -0.2) is 31.2 Å². The van der Waals surface area contributed by atoms with Gasteiger partial charge in [0.1, 0.15) is 12.4 Å². The number of amides is 1. The van der Waals surface area contributed by atoms with E-state index in [1.54, 1.807) is 0 Å². The molecule has 1 fully saturated rings. The van der Waals surface area contributed by atoms with Gasteiger partial charge in [-0.2, -0.15) is 0 Å². The molecule has 1 aliphatic carbocycles. The summed E-state index contributed by atoms with van der Waals surface area (Å²) in [6.07, 6.45) is 10.5. The fourth-order valence-corrected chi connectivity index (χ4v) is 4.39. The Labute approximate surface area is 161 Å². The zero-order chi connectivity index (χ0) is 18.3. The molecule has 1 aromatic heterocycles. The minimum atomic E-state index is -1.09. The lowest BCUT2D eigenvalue weighted by molar-refractivity contribution is 0.0782. The summed E-state index contributed by atoms with van der Waals surface area (Å²) in [6, 6.07) is 3.34. The number of ether oxygens (including phenoxy) is 1. The van der Waals surface area contributed by atoms with Gasteiger partial charge in [0.15, 0.2) is 0 Å². The molecule has 0 aliphatic heterocycles. The van der Waals surface area contributed by atoms with Crippen molar-refractivity contribution >= 4 is 29.9 Å². The molecule has 1 N–H and O–H groups in total. The van der Waals surface area contributed by atoms with Crippen LogP contribution < -0.4 is 5.32 Å². The molecule has 0 aromatic carbocycles. The van der Waals surface area contributed by atoms with E-state index in [1.165, 1.54) is 32.1 Å². The summed E-state index contributed by atoms with van der Waals surface area (Å²) in [4.78, 5) is 12.7. The third kappa shape index (κ3) is 7.67. The quantitative estimate of drug-likeness (QED) is 0.466. The molecule has 0 bridgehead atoms. The number of carbonyl (C=O) groups is 1.